The van der Waals surface area contributed by atoms with Gasteiger partial charge in [0.15, 0.2) is 0 Å². The second-order valence-corrected chi connectivity index (χ2v) is 45.9. The molecule has 9 rings (SSSR count). The van der Waals surface area contributed by atoms with Gasteiger partial charge in [-0.3, -0.25) is 0 Å². The van der Waals surface area contributed by atoms with Gasteiger partial charge in [-0.15, -0.1) is 0 Å². The van der Waals surface area contributed by atoms with E-state index in [0.717, 1.165) is 89.0 Å². The van der Waals surface area contributed by atoms with Crippen LogP contribution >= 0.6 is 0 Å². The summed E-state index contributed by atoms with van der Waals surface area (Å²) in [6, 6.07) is 38.1. The molecule has 0 fully saturated rings. The number of phenols is 8. The van der Waals surface area contributed by atoms with E-state index in [2.05, 4.69) is 358 Å². The fourth-order valence-electron chi connectivity index (χ4n) is 16.0. The van der Waals surface area contributed by atoms with E-state index in [1.807, 2.05) is 0 Å². The van der Waals surface area contributed by atoms with E-state index in [4.69, 9.17) is 0 Å². The quantitative estimate of drug-likeness (QED) is 0.0600. The van der Waals surface area contributed by atoms with Crippen LogP contribution in [0.5, 0.6) is 46.0 Å². The van der Waals surface area contributed by atoms with Crippen molar-refractivity contribution < 1.29 is 40.9 Å². The highest BCUT2D eigenvalue weighted by Crippen LogP contribution is 2.55. The number of rotatable bonds is 12. The minimum atomic E-state index is -0.684. The minimum absolute atomic E-state index is 0.109. The Kier molecular flexibility index (Phi) is 23.4. The lowest BCUT2D eigenvalue weighted by Gasteiger charge is -2.30. The molecule has 0 aromatic heterocycles. The standard InChI is InChI=1S/C106H142O8/c1-95(2,3)71-47-67(91(111)81(55-71)103(25,26)27)43-63-39-59(51-77(87(63)107)99(13,14)15)75-37-38-76(60-40-64(88(108)78(52-60)100(16,17)18)44-68-48-72(96(4,5)6)56-82(92(68)112)104(28,29)30)86(62-42-66(90(110)80(54-62)102(22,23)24)46-70-50-74(98(10,11)12)58-84(94(70)114)106(34,35)36)85(75)61-41-65(89(109)79(53-61)101(19,20)21)45-69-49-73(97(7,8)9)57-83(93(69)113)105(31,32)33/h37-42,47-58,107-114H,43-46H2,1-36H3. The molecule has 9 aromatic carbocycles. The predicted molar refractivity (Wildman–Crippen MR) is 483 cm³/mol. The van der Waals surface area contributed by atoms with E-state index in [-0.39, 0.29) is 93.3 Å². The van der Waals surface area contributed by atoms with Gasteiger partial charge < -0.3 is 40.9 Å². The molecule has 0 heterocycles. The lowest BCUT2D eigenvalue weighted by molar-refractivity contribution is 0.433. The van der Waals surface area contributed by atoms with Gasteiger partial charge in [0.05, 0.1) is 0 Å². The summed E-state index contributed by atoms with van der Waals surface area (Å²) >= 11 is 0. The van der Waals surface area contributed by atoms with Gasteiger partial charge in [-0.25, -0.2) is 0 Å². The van der Waals surface area contributed by atoms with Crippen LogP contribution in [-0.4, -0.2) is 40.9 Å². The van der Waals surface area contributed by atoms with Gasteiger partial charge in [-0.2, -0.15) is 0 Å². The Morgan fingerprint density at radius 1 is 0.167 bits per heavy atom. The van der Waals surface area contributed by atoms with E-state index < -0.39 is 43.3 Å². The molecule has 0 amide bonds. The molecule has 8 N–H and O–H groups in total. The molecule has 0 spiro atoms. The molecular formula is C106H142O8. The average Bonchev–Trinajstić information content (AvgIpc) is 0.727. The van der Waals surface area contributed by atoms with Crippen molar-refractivity contribution >= 4 is 0 Å². The fourth-order valence-corrected chi connectivity index (χ4v) is 16.0. The Hall–Kier alpha value is -8.62. The summed E-state index contributed by atoms with van der Waals surface area (Å²) in [6.45, 7) is 77.0. The van der Waals surface area contributed by atoms with Crippen LogP contribution in [0.3, 0.4) is 0 Å². The summed E-state index contributed by atoms with van der Waals surface area (Å²) in [5.41, 5.74) is 15.8. The lowest BCUT2D eigenvalue weighted by atomic mass is 9.75. The highest BCUT2D eigenvalue weighted by Gasteiger charge is 2.37. The van der Waals surface area contributed by atoms with Gasteiger partial charge in [-0.1, -0.05) is 310 Å². The van der Waals surface area contributed by atoms with Gasteiger partial charge in [0.25, 0.3) is 0 Å². The van der Waals surface area contributed by atoms with Crippen molar-refractivity contribution in [3.8, 4) is 90.5 Å². The summed E-state index contributed by atoms with van der Waals surface area (Å²) < 4.78 is 0. The van der Waals surface area contributed by atoms with Crippen molar-refractivity contribution in [3.05, 3.63) is 220 Å². The number of benzene rings is 9. The molecule has 0 saturated heterocycles. The molecule has 0 aliphatic carbocycles. The Morgan fingerprint density at radius 2 is 0.307 bits per heavy atom. The maximum absolute atomic E-state index is 13.4. The Bertz CT molecular complexity index is 4860. The van der Waals surface area contributed by atoms with E-state index in [1.54, 1.807) is 0 Å². The van der Waals surface area contributed by atoms with Gasteiger partial charge in [0.1, 0.15) is 46.0 Å². The maximum atomic E-state index is 13.4. The molecule has 0 radical (unpaired) electrons. The van der Waals surface area contributed by atoms with Gasteiger partial charge in [0.2, 0.25) is 0 Å². The van der Waals surface area contributed by atoms with Crippen LogP contribution in [0, 0.1) is 0 Å². The third-order valence-corrected chi connectivity index (χ3v) is 23.4. The fraction of sp³-hybridized carbons (Fsp3) is 0.491. The van der Waals surface area contributed by atoms with E-state index in [0.29, 0.717) is 66.8 Å². The third kappa shape index (κ3) is 18.8. The van der Waals surface area contributed by atoms with Crippen LogP contribution in [0.4, 0.5) is 0 Å². The zero-order valence-electron chi connectivity index (χ0n) is 76.8. The normalized spacial score (nSPS) is 13.5. The second kappa shape index (κ2) is 29.8. The highest BCUT2D eigenvalue weighted by molar-refractivity contribution is 6.03. The Labute approximate surface area is 687 Å². The van der Waals surface area contributed by atoms with Gasteiger partial charge in [0, 0.05) is 47.9 Å². The van der Waals surface area contributed by atoms with E-state index in [1.165, 1.54) is 0 Å². The first-order valence-electron chi connectivity index (χ1n) is 41.5. The largest absolute Gasteiger partial charge is 0.507 e. The predicted octanol–water partition coefficient (Wildman–Crippen LogP) is 27.9. The highest BCUT2D eigenvalue weighted by atomic mass is 16.3. The summed E-state index contributed by atoms with van der Waals surface area (Å²) in [4.78, 5) is 0. The number of hydrogen-bond donors (Lipinski definition) is 8. The average molecular weight is 1540 g/mol. The van der Waals surface area contributed by atoms with Crippen LogP contribution in [0.2, 0.25) is 0 Å². The molecule has 114 heavy (non-hydrogen) atoms. The summed E-state index contributed by atoms with van der Waals surface area (Å²) in [5, 5.41) is 104. The summed E-state index contributed by atoms with van der Waals surface area (Å²) in [5.74, 6) is 1.19. The van der Waals surface area contributed by atoms with E-state index in [9.17, 15) is 40.9 Å². The number of phenolic OH excluding ortho intramolecular Hbond substituents is 8. The summed E-state index contributed by atoms with van der Waals surface area (Å²) in [7, 11) is 0. The van der Waals surface area contributed by atoms with Crippen LogP contribution in [-0.2, 0) is 90.7 Å². The van der Waals surface area contributed by atoms with Crippen molar-refractivity contribution in [2.45, 2.75) is 340 Å². The SMILES string of the molecule is CC(C)(C)c1cc(Cc2cc(-c3ccc(-c4cc(Cc5cc(C(C)(C)C)cc(C(C)(C)C)c5O)c(O)c(C(C)(C)C)c4)c(-c4cc(Cc5cc(C(C)(C)C)cc(C(C)(C)C)c5O)c(O)c(C(C)(C)C)c4)c3-c3cc(Cc4cc(C(C)(C)C)cc(C(C)(C)C)c4O)c(O)c(C(C)(C)C)c3)cc(C(C)(C)C)c2O)c(O)c(C(C)(C)C)c1. The van der Waals surface area contributed by atoms with Crippen LogP contribution in [0.25, 0.3) is 44.5 Å². The molecule has 0 bridgehead atoms. The lowest BCUT2D eigenvalue weighted by Crippen LogP contribution is -2.18. The van der Waals surface area contributed by atoms with Crippen molar-refractivity contribution in [2.75, 3.05) is 0 Å². The molecule has 0 saturated carbocycles. The molecule has 0 unspecified atom stereocenters. The van der Waals surface area contributed by atoms with Crippen molar-refractivity contribution in [2.24, 2.45) is 0 Å². The molecular weight excluding hydrogens is 1400 g/mol. The first kappa shape index (κ1) is 89.3. The van der Waals surface area contributed by atoms with Gasteiger partial charge >= 0.3 is 0 Å². The van der Waals surface area contributed by atoms with Crippen LogP contribution < -0.4 is 0 Å². The molecule has 0 aliphatic rings. The van der Waals surface area contributed by atoms with Crippen molar-refractivity contribution in [1.29, 1.82) is 0 Å². The Balaban J connectivity index is 1.60. The topological polar surface area (TPSA) is 162 Å². The van der Waals surface area contributed by atoms with Crippen LogP contribution in [0.1, 0.15) is 361 Å². The minimum Gasteiger partial charge on any atom is -0.507 e. The molecule has 9 aromatic rings. The first-order valence-corrected chi connectivity index (χ1v) is 41.5. The van der Waals surface area contributed by atoms with Crippen molar-refractivity contribution in [3.63, 3.8) is 0 Å². The number of hydrogen-bond acceptors (Lipinski definition) is 8. The van der Waals surface area contributed by atoms with Gasteiger partial charge in [-0.05, 0) is 247 Å². The molecule has 8 heteroatoms. The maximum Gasteiger partial charge on any atom is 0.122 e. The zero-order chi connectivity index (χ0) is 86.3. The molecule has 8 nitrogen and oxygen atoms in total. The molecule has 614 valence electrons. The van der Waals surface area contributed by atoms with E-state index >= 15 is 0 Å². The Morgan fingerprint density at radius 3 is 0.465 bits per heavy atom. The van der Waals surface area contributed by atoms with Crippen LogP contribution in [0.15, 0.2) is 109 Å². The zero-order valence-corrected chi connectivity index (χ0v) is 76.8. The monoisotopic (exact) mass is 1540 g/mol. The first-order chi connectivity index (χ1) is 51.4. The van der Waals surface area contributed by atoms with Crippen molar-refractivity contribution in [1.82, 2.24) is 0 Å². The molecule has 0 atom stereocenters. The summed E-state index contributed by atoms with van der Waals surface area (Å²) in [6.07, 6.45) is 0.666. The number of aromatic hydroxyl groups is 8. The molecule has 0 aliphatic heterocycles. The second-order valence-electron chi connectivity index (χ2n) is 45.9. The third-order valence-electron chi connectivity index (χ3n) is 23.4. The smallest absolute Gasteiger partial charge is 0.122 e.